The second-order valence-electron chi connectivity index (χ2n) is 3.80. The van der Waals surface area contributed by atoms with Crippen LogP contribution in [0.5, 0.6) is 11.5 Å². The van der Waals surface area contributed by atoms with E-state index in [1.165, 1.54) is 13.2 Å². The molecule has 0 aromatic heterocycles. The van der Waals surface area contributed by atoms with Gasteiger partial charge in [0.05, 0.1) is 18.8 Å². The second kappa shape index (κ2) is 4.88. The molecule has 0 aliphatic carbocycles. The fourth-order valence-electron chi connectivity index (χ4n) is 1.40. The highest BCUT2D eigenvalue weighted by Crippen LogP contribution is 2.33. The molecular weight excluding hydrogens is 208 g/mol. The van der Waals surface area contributed by atoms with Crippen molar-refractivity contribution in [1.29, 1.82) is 0 Å². The average Bonchev–Trinajstić information content (AvgIpc) is 2.19. The molecule has 1 aromatic rings. The van der Waals surface area contributed by atoms with Crippen molar-refractivity contribution in [2.24, 2.45) is 0 Å². The van der Waals surface area contributed by atoms with Gasteiger partial charge in [-0.15, -0.1) is 0 Å². The van der Waals surface area contributed by atoms with Crippen LogP contribution < -0.4 is 9.47 Å². The van der Waals surface area contributed by atoms with Gasteiger partial charge in [-0.3, -0.25) is 0 Å². The van der Waals surface area contributed by atoms with Crippen LogP contribution in [-0.2, 0) is 0 Å². The number of rotatable bonds is 4. The van der Waals surface area contributed by atoms with Crippen molar-refractivity contribution < 1.29 is 19.4 Å². The van der Waals surface area contributed by atoms with Crippen molar-refractivity contribution in [3.05, 3.63) is 23.3 Å². The smallest absolute Gasteiger partial charge is 0.335 e. The molecule has 0 aliphatic rings. The molecule has 0 saturated heterocycles. The van der Waals surface area contributed by atoms with Crippen molar-refractivity contribution in [3.8, 4) is 11.5 Å². The first-order valence-corrected chi connectivity index (χ1v) is 5.04. The van der Waals surface area contributed by atoms with Gasteiger partial charge in [0.15, 0.2) is 11.5 Å². The molecule has 0 unspecified atom stereocenters. The van der Waals surface area contributed by atoms with E-state index in [1.54, 1.807) is 13.0 Å². The second-order valence-corrected chi connectivity index (χ2v) is 3.80. The molecule has 1 N–H and O–H groups in total. The number of carboxylic acids is 1. The van der Waals surface area contributed by atoms with Crippen LogP contribution in [-0.4, -0.2) is 24.3 Å². The van der Waals surface area contributed by atoms with Gasteiger partial charge in [-0.2, -0.15) is 0 Å². The van der Waals surface area contributed by atoms with Crippen LogP contribution in [0.3, 0.4) is 0 Å². The summed E-state index contributed by atoms with van der Waals surface area (Å²) in [6.45, 7) is 5.61. The summed E-state index contributed by atoms with van der Waals surface area (Å²) in [6, 6.07) is 3.04. The fraction of sp³-hybridized carbons (Fsp3) is 0.417. The highest BCUT2D eigenvalue weighted by Gasteiger charge is 2.14. The van der Waals surface area contributed by atoms with E-state index < -0.39 is 5.97 Å². The molecule has 4 heteroatoms. The van der Waals surface area contributed by atoms with E-state index in [-0.39, 0.29) is 11.7 Å². The highest BCUT2D eigenvalue weighted by atomic mass is 16.5. The Morgan fingerprint density at radius 2 is 2.00 bits per heavy atom. The maximum absolute atomic E-state index is 10.9. The van der Waals surface area contributed by atoms with E-state index >= 15 is 0 Å². The normalized spacial score (nSPS) is 10.3. The van der Waals surface area contributed by atoms with E-state index in [1.807, 2.05) is 13.8 Å². The van der Waals surface area contributed by atoms with E-state index in [9.17, 15) is 4.79 Å². The van der Waals surface area contributed by atoms with Crippen LogP contribution >= 0.6 is 0 Å². The minimum Gasteiger partial charge on any atom is -0.493 e. The maximum Gasteiger partial charge on any atom is 0.335 e. The molecule has 0 radical (unpaired) electrons. The Hall–Kier alpha value is -1.71. The first kappa shape index (κ1) is 12.4. The maximum atomic E-state index is 10.9. The molecule has 0 fully saturated rings. The molecule has 1 rings (SSSR count). The fourth-order valence-corrected chi connectivity index (χ4v) is 1.40. The molecule has 0 spiro atoms. The van der Waals surface area contributed by atoms with Gasteiger partial charge in [0.2, 0.25) is 0 Å². The van der Waals surface area contributed by atoms with Gasteiger partial charge in [-0.05, 0) is 38.5 Å². The molecule has 4 nitrogen and oxygen atoms in total. The van der Waals surface area contributed by atoms with E-state index in [2.05, 4.69) is 0 Å². The Bertz CT molecular complexity index is 396. The van der Waals surface area contributed by atoms with Crippen LogP contribution in [0.15, 0.2) is 12.1 Å². The Morgan fingerprint density at radius 1 is 1.38 bits per heavy atom. The zero-order valence-corrected chi connectivity index (χ0v) is 9.90. The molecule has 16 heavy (non-hydrogen) atoms. The number of carbonyl (C=O) groups is 1. The van der Waals surface area contributed by atoms with Crippen LogP contribution in [0.2, 0.25) is 0 Å². The first-order chi connectivity index (χ1) is 7.45. The monoisotopic (exact) mass is 224 g/mol. The van der Waals surface area contributed by atoms with Gasteiger partial charge in [-0.25, -0.2) is 4.79 Å². The first-order valence-electron chi connectivity index (χ1n) is 5.04. The summed E-state index contributed by atoms with van der Waals surface area (Å²) >= 11 is 0. The lowest BCUT2D eigenvalue weighted by Gasteiger charge is -2.16. The van der Waals surface area contributed by atoms with Gasteiger partial charge < -0.3 is 14.6 Å². The SMILES string of the molecule is COc1cc(C(=O)O)cc(C)c1OC(C)C. The topological polar surface area (TPSA) is 55.8 Å². The number of hydrogen-bond donors (Lipinski definition) is 1. The molecular formula is C12H16O4. The molecule has 88 valence electrons. The largest absolute Gasteiger partial charge is 0.493 e. The predicted molar refractivity (Wildman–Crippen MR) is 60.5 cm³/mol. The predicted octanol–water partition coefficient (Wildman–Crippen LogP) is 2.49. The van der Waals surface area contributed by atoms with Gasteiger partial charge in [0.1, 0.15) is 0 Å². The third-order valence-corrected chi connectivity index (χ3v) is 2.06. The summed E-state index contributed by atoms with van der Waals surface area (Å²) in [5.74, 6) is 0.0751. The van der Waals surface area contributed by atoms with Crippen molar-refractivity contribution in [3.63, 3.8) is 0 Å². The van der Waals surface area contributed by atoms with Crippen molar-refractivity contribution >= 4 is 5.97 Å². The summed E-state index contributed by atoms with van der Waals surface area (Å²) < 4.78 is 10.7. The van der Waals surface area contributed by atoms with Crippen LogP contribution in [0, 0.1) is 6.92 Å². The number of aryl methyl sites for hydroxylation is 1. The standard InChI is InChI=1S/C12H16O4/c1-7(2)16-11-8(3)5-9(12(13)14)6-10(11)15-4/h5-7H,1-4H3,(H,13,14). The van der Waals surface area contributed by atoms with Crippen molar-refractivity contribution in [1.82, 2.24) is 0 Å². The lowest BCUT2D eigenvalue weighted by atomic mass is 10.1. The lowest BCUT2D eigenvalue weighted by molar-refractivity contribution is 0.0696. The Kier molecular flexibility index (Phi) is 3.77. The zero-order valence-electron chi connectivity index (χ0n) is 9.90. The summed E-state index contributed by atoms with van der Waals surface area (Å²) in [5, 5.41) is 8.91. The number of carboxylic acid groups (broad SMARTS) is 1. The molecule has 0 heterocycles. The van der Waals surface area contributed by atoms with Crippen LogP contribution in [0.25, 0.3) is 0 Å². The Morgan fingerprint density at radius 3 is 2.44 bits per heavy atom. The lowest BCUT2D eigenvalue weighted by Crippen LogP contribution is -2.09. The Balaban J connectivity index is 3.23. The van der Waals surface area contributed by atoms with Gasteiger partial charge in [0, 0.05) is 0 Å². The quantitative estimate of drug-likeness (QED) is 0.853. The third-order valence-electron chi connectivity index (χ3n) is 2.06. The summed E-state index contributed by atoms with van der Waals surface area (Å²) in [7, 11) is 1.49. The Labute approximate surface area is 94.8 Å². The number of methoxy groups -OCH3 is 1. The van der Waals surface area contributed by atoms with Gasteiger partial charge >= 0.3 is 5.97 Å². The minimum absolute atomic E-state index is 0.0169. The summed E-state index contributed by atoms with van der Waals surface area (Å²) in [6.07, 6.45) is 0.0169. The number of hydrogen-bond acceptors (Lipinski definition) is 3. The number of ether oxygens (including phenoxy) is 2. The molecule has 0 aliphatic heterocycles. The van der Waals surface area contributed by atoms with E-state index in [4.69, 9.17) is 14.6 Å². The number of aromatic carboxylic acids is 1. The number of benzene rings is 1. The average molecular weight is 224 g/mol. The van der Waals surface area contributed by atoms with Crippen molar-refractivity contribution in [2.75, 3.05) is 7.11 Å². The zero-order chi connectivity index (χ0) is 12.3. The van der Waals surface area contributed by atoms with Crippen molar-refractivity contribution in [2.45, 2.75) is 26.9 Å². The van der Waals surface area contributed by atoms with E-state index in [0.717, 1.165) is 5.56 Å². The molecule has 0 amide bonds. The summed E-state index contributed by atoms with van der Waals surface area (Å²) in [4.78, 5) is 10.9. The third kappa shape index (κ3) is 2.66. The van der Waals surface area contributed by atoms with E-state index in [0.29, 0.717) is 11.5 Å². The minimum atomic E-state index is -0.975. The summed E-state index contributed by atoms with van der Waals surface area (Å²) in [5.41, 5.74) is 0.955. The molecule has 1 aromatic carbocycles. The molecule has 0 atom stereocenters. The van der Waals surface area contributed by atoms with Crippen LogP contribution in [0.1, 0.15) is 29.8 Å². The van der Waals surface area contributed by atoms with Gasteiger partial charge in [0.25, 0.3) is 0 Å². The highest BCUT2D eigenvalue weighted by molar-refractivity contribution is 5.89. The molecule has 0 saturated carbocycles. The van der Waals surface area contributed by atoms with Gasteiger partial charge in [-0.1, -0.05) is 0 Å². The molecule has 0 bridgehead atoms. The van der Waals surface area contributed by atoms with Crippen LogP contribution in [0.4, 0.5) is 0 Å².